The summed E-state index contributed by atoms with van der Waals surface area (Å²) in [6.45, 7) is 3.98. The fourth-order valence-electron chi connectivity index (χ4n) is 3.85. The topological polar surface area (TPSA) is 94.0 Å². The summed E-state index contributed by atoms with van der Waals surface area (Å²) in [6.07, 6.45) is 0. The number of aromatic amines is 2. The molecule has 0 unspecified atom stereocenters. The summed E-state index contributed by atoms with van der Waals surface area (Å²) in [5, 5.41) is 0.299. The number of nitrogens with two attached hydrogens (primary N) is 1. The Morgan fingerprint density at radius 3 is 2.62 bits per heavy atom. The Labute approximate surface area is 166 Å². The van der Waals surface area contributed by atoms with Gasteiger partial charge < -0.3 is 25.5 Å². The molecule has 4 aromatic rings. The number of likely N-dealkylation sites (N-methyl/N-ethyl adjacent to an activating group) is 1. The zero-order chi connectivity index (χ0) is 20.1. The van der Waals surface area contributed by atoms with E-state index in [9.17, 15) is 9.18 Å². The van der Waals surface area contributed by atoms with Crippen molar-refractivity contribution in [3.8, 4) is 11.4 Å². The van der Waals surface area contributed by atoms with E-state index < -0.39 is 5.82 Å². The summed E-state index contributed by atoms with van der Waals surface area (Å²) in [6, 6.07) is 10.3. The van der Waals surface area contributed by atoms with Crippen molar-refractivity contribution in [1.82, 2.24) is 19.9 Å². The number of hydrogen-bond acceptors (Lipinski definition) is 5. The van der Waals surface area contributed by atoms with Crippen LogP contribution in [0, 0.1) is 5.82 Å². The minimum Gasteiger partial charge on any atom is -0.399 e. The van der Waals surface area contributed by atoms with Gasteiger partial charge in [-0.25, -0.2) is 9.37 Å². The standard InChI is InChI=1S/C21H21FN6O/c1-27-4-6-28(7-5-27)13-2-3-17-19(10-13)25-20(24-17)15-11-14-16(22)8-12(23)9-18(14)26-21(15)29/h2-3,8-11H,4-7,23H2,1H3,(H,24,25)(H,26,29). The van der Waals surface area contributed by atoms with E-state index in [1.807, 2.05) is 18.2 Å². The fraction of sp³-hybridized carbons (Fsp3) is 0.238. The number of nitrogens with zero attached hydrogens (tertiary/aromatic N) is 3. The number of halogens is 1. The van der Waals surface area contributed by atoms with Crippen LogP contribution >= 0.6 is 0 Å². The lowest BCUT2D eigenvalue weighted by molar-refractivity contribution is 0.313. The number of rotatable bonds is 2. The third-order valence-electron chi connectivity index (χ3n) is 5.52. The number of piperazine rings is 1. The van der Waals surface area contributed by atoms with Gasteiger partial charge in [-0.05, 0) is 43.4 Å². The summed E-state index contributed by atoms with van der Waals surface area (Å²) in [5.41, 5.74) is 8.96. The normalized spacial score (nSPS) is 15.4. The van der Waals surface area contributed by atoms with Gasteiger partial charge in [-0.3, -0.25) is 4.79 Å². The van der Waals surface area contributed by atoms with E-state index in [0.29, 0.717) is 22.3 Å². The van der Waals surface area contributed by atoms with E-state index in [2.05, 4.69) is 31.8 Å². The smallest absolute Gasteiger partial charge is 0.259 e. The fourth-order valence-corrected chi connectivity index (χ4v) is 3.85. The molecule has 2 aromatic heterocycles. The summed E-state index contributed by atoms with van der Waals surface area (Å²) in [5.74, 6) is -0.0686. The molecular weight excluding hydrogens is 371 g/mol. The Hall–Kier alpha value is -3.39. The second-order valence-electron chi connectivity index (χ2n) is 7.55. The first-order valence-corrected chi connectivity index (χ1v) is 9.53. The summed E-state index contributed by atoms with van der Waals surface area (Å²) < 4.78 is 14.3. The average molecular weight is 392 g/mol. The van der Waals surface area contributed by atoms with Gasteiger partial charge in [0.2, 0.25) is 0 Å². The quantitative estimate of drug-likeness (QED) is 0.456. The van der Waals surface area contributed by atoms with E-state index in [0.717, 1.165) is 42.9 Å². The molecule has 7 nitrogen and oxygen atoms in total. The SMILES string of the molecule is CN1CCN(c2ccc3nc(-c4cc5c(F)cc(N)cc5[nH]c4=O)[nH]c3c2)CC1. The van der Waals surface area contributed by atoms with Gasteiger partial charge in [0.1, 0.15) is 11.6 Å². The molecule has 1 aliphatic heterocycles. The lowest BCUT2D eigenvalue weighted by Gasteiger charge is -2.34. The number of fused-ring (bicyclic) bond motifs is 2. The highest BCUT2D eigenvalue weighted by atomic mass is 19.1. The first-order valence-electron chi connectivity index (χ1n) is 9.53. The van der Waals surface area contributed by atoms with Crippen molar-refractivity contribution in [3.63, 3.8) is 0 Å². The van der Waals surface area contributed by atoms with Crippen LogP contribution < -0.4 is 16.2 Å². The van der Waals surface area contributed by atoms with Crippen LogP contribution in [0.3, 0.4) is 0 Å². The Kier molecular flexibility index (Phi) is 4.02. The van der Waals surface area contributed by atoms with Gasteiger partial charge >= 0.3 is 0 Å². The molecule has 5 rings (SSSR count). The number of imidazole rings is 1. The van der Waals surface area contributed by atoms with Gasteiger partial charge in [0, 0.05) is 42.9 Å². The van der Waals surface area contributed by atoms with Crippen molar-refractivity contribution in [2.24, 2.45) is 0 Å². The third kappa shape index (κ3) is 3.11. The van der Waals surface area contributed by atoms with Crippen LogP contribution in [0.25, 0.3) is 33.3 Å². The van der Waals surface area contributed by atoms with Crippen LogP contribution in [-0.2, 0) is 0 Å². The molecule has 148 valence electrons. The zero-order valence-electron chi connectivity index (χ0n) is 16.0. The molecule has 3 heterocycles. The number of nitrogens with one attached hydrogen (secondary N) is 2. The Bertz CT molecular complexity index is 1290. The second kappa shape index (κ2) is 6.59. The first-order chi connectivity index (χ1) is 14.0. The van der Waals surface area contributed by atoms with Crippen LogP contribution in [0.4, 0.5) is 15.8 Å². The van der Waals surface area contributed by atoms with Gasteiger partial charge in [0.15, 0.2) is 0 Å². The minimum atomic E-state index is -0.481. The maximum Gasteiger partial charge on any atom is 0.259 e. The van der Waals surface area contributed by atoms with Crippen molar-refractivity contribution in [2.45, 2.75) is 0 Å². The lowest BCUT2D eigenvalue weighted by Crippen LogP contribution is -2.44. The van der Waals surface area contributed by atoms with E-state index in [4.69, 9.17) is 5.73 Å². The van der Waals surface area contributed by atoms with Crippen molar-refractivity contribution in [2.75, 3.05) is 43.9 Å². The largest absolute Gasteiger partial charge is 0.399 e. The highest BCUT2D eigenvalue weighted by Gasteiger charge is 2.17. The summed E-state index contributed by atoms with van der Waals surface area (Å²) >= 11 is 0. The highest BCUT2D eigenvalue weighted by molar-refractivity contribution is 5.87. The predicted octanol–water partition coefficient (Wildman–Crippen LogP) is 2.54. The number of nitrogen functional groups attached to an aromatic ring is 1. The number of H-pyrrole nitrogens is 2. The molecule has 4 N–H and O–H groups in total. The van der Waals surface area contributed by atoms with Crippen LogP contribution in [0.5, 0.6) is 0 Å². The molecule has 1 saturated heterocycles. The molecule has 0 saturated carbocycles. The molecule has 0 spiro atoms. The van der Waals surface area contributed by atoms with E-state index in [1.165, 1.54) is 12.1 Å². The number of aromatic nitrogens is 3. The molecule has 0 radical (unpaired) electrons. The lowest BCUT2D eigenvalue weighted by atomic mass is 10.1. The van der Waals surface area contributed by atoms with E-state index in [-0.39, 0.29) is 11.2 Å². The maximum absolute atomic E-state index is 14.3. The molecule has 8 heteroatoms. The van der Waals surface area contributed by atoms with Crippen molar-refractivity contribution in [3.05, 3.63) is 52.6 Å². The van der Waals surface area contributed by atoms with Crippen LogP contribution in [0.2, 0.25) is 0 Å². The number of hydrogen-bond donors (Lipinski definition) is 3. The summed E-state index contributed by atoms with van der Waals surface area (Å²) in [7, 11) is 2.12. The highest BCUT2D eigenvalue weighted by Crippen LogP contribution is 2.26. The number of benzene rings is 2. The van der Waals surface area contributed by atoms with Gasteiger partial charge in [-0.1, -0.05) is 0 Å². The zero-order valence-corrected chi connectivity index (χ0v) is 16.0. The molecule has 0 amide bonds. The Morgan fingerprint density at radius 2 is 1.83 bits per heavy atom. The summed E-state index contributed by atoms with van der Waals surface area (Å²) in [4.78, 5) is 27.7. The number of pyridine rings is 1. The van der Waals surface area contributed by atoms with Gasteiger partial charge in [0.25, 0.3) is 5.56 Å². The van der Waals surface area contributed by atoms with E-state index >= 15 is 0 Å². The van der Waals surface area contributed by atoms with Crippen LogP contribution in [-0.4, -0.2) is 53.1 Å². The average Bonchev–Trinajstić information content (AvgIpc) is 3.11. The van der Waals surface area contributed by atoms with Gasteiger partial charge in [-0.2, -0.15) is 0 Å². The van der Waals surface area contributed by atoms with Crippen LogP contribution in [0.1, 0.15) is 0 Å². The molecular formula is C21H21FN6O. The third-order valence-corrected chi connectivity index (χ3v) is 5.52. The molecule has 0 bridgehead atoms. The molecule has 0 atom stereocenters. The molecule has 2 aromatic carbocycles. The Morgan fingerprint density at radius 1 is 1.03 bits per heavy atom. The van der Waals surface area contributed by atoms with Crippen molar-refractivity contribution < 1.29 is 4.39 Å². The minimum absolute atomic E-state index is 0.263. The van der Waals surface area contributed by atoms with E-state index in [1.54, 1.807) is 6.07 Å². The monoisotopic (exact) mass is 392 g/mol. The van der Waals surface area contributed by atoms with Gasteiger partial charge in [-0.15, -0.1) is 0 Å². The Balaban J connectivity index is 1.57. The molecule has 0 aliphatic carbocycles. The molecule has 1 fully saturated rings. The first kappa shape index (κ1) is 17.7. The van der Waals surface area contributed by atoms with Gasteiger partial charge in [0.05, 0.1) is 22.1 Å². The molecule has 1 aliphatic rings. The second-order valence-corrected chi connectivity index (χ2v) is 7.55. The van der Waals surface area contributed by atoms with Crippen molar-refractivity contribution >= 4 is 33.3 Å². The van der Waals surface area contributed by atoms with Crippen LogP contribution in [0.15, 0.2) is 41.2 Å². The molecule has 29 heavy (non-hydrogen) atoms. The van der Waals surface area contributed by atoms with Crippen molar-refractivity contribution in [1.29, 1.82) is 0 Å². The maximum atomic E-state index is 14.3. The predicted molar refractivity (Wildman–Crippen MR) is 114 cm³/mol. The number of anilines is 2.